The third-order valence-electron chi connectivity index (χ3n) is 0.824. The lowest BCUT2D eigenvalue weighted by molar-refractivity contribution is 0.205. The number of carbonyl (C=O) groups is 1. The summed E-state index contributed by atoms with van der Waals surface area (Å²) in [7, 11) is 0. The maximum Gasteiger partial charge on any atom is 0.402 e. The molecule has 1 amide bonds. The molecule has 0 aliphatic heterocycles. The standard InChI is InChI=1S/C6H4BrCl.CH3NO2/c7-5-3-1-2-4-6(5)8;2-1(3)4/h1-4H;2H2,(H,3,4). The zero-order valence-electron chi connectivity index (χ0n) is 6.00. The number of nitrogens with two attached hydrogens (primary N) is 1. The summed E-state index contributed by atoms with van der Waals surface area (Å²) in [6.45, 7) is 0. The molecule has 1 aromatic rings. The van der Waals surface area contributed by atoms with Crippen LogP contribution >= 0.6 is 27.5 Å². The van der Waals surface area contributed by atoms with Crippen LogP contribution in [0, 0.1) is 0 Å². The van der Waals surface area contributed by atoms with E-state index in [0.29, 0.717) is 0 Å². The molecule has 0 aliphatic rings. The molecule has 0 radical (unpaired) electrons. The maximum atomic E-state index is 8.78. The predicted octanol–water partition coefficient (Wildman–Crippen LogP) is 2.73. The molecule has 1 aromatic carbocycles. The fourth-order valence-corrected chi connectivity index (χ4v) is 0.860. The van der Waals surface area contributed by atoms with Crippen LogP contribution in [0.2, 0.25) is 5.02 Å². The van der Waals surface area contributed by atoms with Crippen LogP contribution in [-0.2, 0) is 0 Å². The Bertz CT molecular complexity index is 242. The minimum absolute atomic E-state index is 0.757. The van der Waals surface area contributed by atoms with E-state index in [4.69, 9.17) is 21.5 Å². The number of hydrogen-bond donors (Lipinski definition) is 2. The van der Waals surface area contributed by atoms with Crippen molar-refractivity contribution in [1.82, 2.24) is 0 Å². The summed E-state index contributed by atoms with van der Waals surface area (Å²) in [5.41, 5.74) is 4.03. The van der Waals surface area contributed by atoms with Gasteiger partial charge in [0.05, 0.1) is 5.02 Å². The minimum Gasteiger partial charge on any atom is -0.465 e. The van der Waals surface area contributed by atoms with Crippen molar-refractivity contribution in [2.45, 2.75) is 0 Å². The van der Waals surface area contributed by atoms with Crippen molar-refractivity contribution in [1.29, 1.82) is 0 Å². The van der Waals surface area contributed by atoms with Gasteiger partial charge in [0.1, 0.15) is 0 Å². The normalized spacial score (nSPS) is 8.17. The first kappa shape index (κ1) is 11.3. The quantitative estimate of drug-likeness (QED) is 0.746. The molecule has 0 saturated heterocycles. The average molecular weight is 252 g/mol. The van der Waals surface area contributed by atoms with Crippen molar-refractivity contribution < 1.29 is 9.90 Å². The van der Waals surface area contributed by atoms with Gasteiger partial charge in [0, 0.05) is 4.47 Å². The molecule has 0 unspecified atom stereocenters. The number of carboxylic acid groups (broad SMARTS) is 1. The molecular weight excluding hydrogens is 245 g/mol. The van der Waals surface area contributed by atoms with Crippen molar-refractivity contribution in [2.75, 3.05) is 0 Å². The molecule has 0 bridgehead atoms. The molecule has 3 N–H and O–H groups in total. The van der Waals surface area contributed by atoms with Crippen molar-refractivity contribution in [3.05, 3.63) is 33.8 Å². The van der Waals surface area contributed by atoms with E-state index in [1.807, 2.05) is 24.3 Å². The highest BCUT2D eigenvalue weighted by Gasteiger charge is 1.88. The molecule has 5 heteroatoms. The van der Waals surface area contributed by atoms with Crippen LogP contribution in [0.4, 0.5) is 4.79 Å². The lowest BCUT2D eigenvalue weighted by atomic mass is 10.4. The van der Waals surface area contributed by atoms with Crippen molar-refractivity contribution in [2.24, 2.45) is 5.73 Å². The predicted molar refractivity (Wildman–Crippen MR) is 51.4 cm³/mol. The Morgan fingerprint density at radius 2 is 1.92 bits per heavy atom. The Hall–Kier alpha value is -0.740. The van der Waals surface area contributed by atoms with E-state index >= 15 is 0 Å². The molecule has 0 saturated carbocycles. The highest BCUT2D eigenvalue weighted by Crippen LogP contribution is 2.20. The fraction of sp³-hybridized carbons (Fsp3) is 0. The van der Waals surface area contributed by atoms with Crippen LogP contribution in [-0.4, -0.2) is 11.2 Å². The van der Waals surface area contributed by atoms with Gasteiger partial charge in [0.15, 0.2) is 0 Å². The monoisotopic (exact) mass is 251 g/mol. The minimum atomic E-state index is -1.33. The summed E-state index contributed by atoms with van der Waals surface area (Å²) in [6, 6.07) is 7.57. The van der Waals surface area contributed by atoms with Crippen LogP contribution in [0.25, 0.3) is 0 Å². The van der Waals surface area contributed by atoms with E-state index in [-0.39, 0.29) is 0 Å². The van der Waals surface area contributed by atoms with Crippen molar-refractivity contribution >= 4 is 33.6 Å². The topological polar surface area (TPSA) is 63.3 Å². The zero-order chi connectivity index (χ0) is 9.56. The van der Waals surface area contributed by atoms with Gasteiger partial charge in [-0.3, -0.25) is 0 Å². The van der Waals surface area contributed by atoms with Crippen LogP contribution in [0.3, 0.4) is 0 Å². The molecule has 0 aliphatic carbocycles. The Kier molecular flexibility index (Phi) is 5.49. The second-order valence-corrected chi connectivity index (χ2v) is 3.01. The van der Waals surface area contributed by atoms with Gasteiger partial charge in [0.25, 0.3) is 0 Å². The number of primary amides is 1. The fourth-order valence-electron chi connectivity index (χ4n) is 0.439. The first-order valence-electron chi connectivity index (χ1n) is 2.92. The summed E-state index contributed by atoms with van der Waals surface area (Å²) < 4.78 is 0.946. The second-order valence-electron chi connectivity index (χ2n) is 1.75. The molecule has 12 heavy (non-hydrogen) atoms. The van der Waals surface area contributed by atoms with E-state index in [1.165, 1.54) is 0 Å². The first-order valence-corrected chi connectivity index (χ1v) is 4.09. The van der Waals surface area contributed by atoms with Crippen LogP contribution in [0.15, 0.2) is 28.7 Å². The van der Waals surface area contributed by atoms with Gasteiger partial charge in [-0.25, -0.2) is 4.79 Å². The third-order valence-corrected chi connectivity index (χ3v) is 2.07. The summed E-state index contributed by atoms with van der Waals surface area (Å²) in [4.78, 5) is 8.78. The van der Waals surface area contributed by atoms with E-state index in [2.05, 4.69) is 21.7 Å². The largest absolute Gasteiger partial charge is 0.465 e. The Balaban J connectivity index is 0.000000261. The highest BCUT2D eigenvalue weighted by molar-refractivity contribution is 9.10. The van der Waals surface area contributed by atoms with Crippen molar-refractivity contribution in [3.63, 3.8) is 0 Å². The van der Waals surface area contributed by atoms with Crippen LogP contribution < -0.4 is 5.73 Å². The zero-order valence-corrected chi connectivity index (χ0v) is 8.34. The molecule has 66 valence electrons. The van der Waals surface area contributed by atoms with E-state index in [0.717, 1.165) is 9.50 Å². The average Bonchev–Trinajstić information content (AvgIpc) is 1.94. The summed E-state index contributed by atoms with van der Waals surface area (Å²) in [5, 5.41) is 7.95. The van der Waals surface area contributed by atoms with Gasteiger partial charge in [-0.2, -0.15) is 0 Å². The molecule has 0 fully saturated rings. The lowest BCUT2D eigenvalue weighted by Gasteiger charge is -1.88. The first-order chi connectivity index (χ1) is 5.54. The smallest absolute Gasteiger partial charge is 0.402 e. The lowest BCUT2D eigenvalue weighted by Crippen LogP contribution is -2.03. The van der Waals surface area contributed by atoms with E-state index in [1.54, 1.807) is 0 Å². The second kappa shape index (κ2) is 5.85. The number of benzene rings is 1. The van der Waals surface area contributed by atoms with Crippen LogP contribution in [0.5, 0.6) is 0 Å². The van der Waals surface area contributed by atoms with Gasteiger partial charge in [-0.05, 0) is 28.1 Å². The van der Waals surface area contributed by atoms with Crippen LogP contribution in [0.1, 0.15) is 0 Å². The number of amides is 1. The van der Waals surface area contributed by atoms with Gasteiger partial charge in [0.2, 0.25) is 0 Å². The van der Waals surface area contributed by atoms with Gasteiger partial charge >= 0.3 is 6.09 Å². The van der Waals surface area contributed by atoms with Crippen molar-refractivity contribution in [3.8, 4) is 0 Å². The molecule has 0 atom stereocenters. The number of hydrogen-bond acceptors (Lipinski definition) is 1. The summed E-state index contributed by atoms with van der Waals surface area (Å²) >= 11 is 8.93. The Labute approximate surface area is 83.3 Å². The maximum absolute atomic E-state index is 8.78. The number of halogens is 2. The SMILES string of the molecule is Clc1ccccc1Br.NC(=O)O. The molecule has 0 spiro atoms. The third kappa shape index (κ3) is 6.00. The molecule has 0 heterocycles. The Morgan fingerprint density at radius 3 is 2.17 bits per heavy atom. The summed E-state index contributed by atoms with van der Waals surface area (Å²) in [5.74, 6) is 0. The highest BCUT2D eigenvalue weighted by atomic mass is 79.9. The molecule has 1 rings (SSSR count). The van der Waals surface area contributed by atoms with Gasteiger partial charge in [-0.15, -0.1) is 0 Å². The van der Waals surface area contributed by atoms with Gasteiger partial charge in [-0.1, -0.05) is 23.7 Å². The number of rotatable bonds is 0. The van der Waals surface area contributed by atoms with Gasteiger partial charge < -0.3 is 10.8 Å². The molecule has 0 aromatic heterocycles. The van der Waals surface area contributed by atoms with E-state index < -0.39 is 6.09 Å². The Morgan fingerprint density at radius 1 is 1.50 bits per heavy atom. The van der Waals surface area contributed by atoms with E-state index in [9.17, 15) is 0 Å². The molecular formula is C7H7BrClNO2. The molecule has 3 nitrogen and oxygen atoms in total. The summed E-state index contributed by atoms with van der Waals surface area (Å²) in [6.07, 6.45) is -1.33.